The number of carboxylic acids is 1. The van der Waals surface area contributed by atoms with Crippen molar-refractivity contribution in [1.29, 1.82) is 0 Å². The van der Waals surface area contributed by atoms with E-state index in [1.54, 1.807) is 0 Å². The minimum absolute atomic E-state index is 0.0795. The van der Waals surface area contributed by atoms with E-state index in [-0.39, 0.29) is 23.9 Å². The Balaban J connectivity index is 2.26. The van der Waals surface area contributed by atoms with Crippen molar-refractivity contribution in [2.24, 2.45) is 0 Å². The Morgan fingerprint density at radius 2 is 2.20 bits per heavy atom. The average Bonchev–Trinajstić information content (AvgIpc) is 2.79. The second-order valence-corrected chi connectivity index (χ2v) is 5.52. The highest BCUT2D eigenvalue weighted by Crippen LogP contribution is 2.25. The van der Waals surface area contributed by atoms with Crippen LogP contribution in [0.2, 0.25) is 0 Å². The third-order valence-corrected chi connectivity index (χ3v) is 3.65. The zero-order chi connectivity index (χ0) is 15.0. The molecule has 7 nitrogen and oxygen atoms in total. The molecule has 0 saturated carbocycles. The molecular formula is C9H11F2N3O4S2. The molecule has 1 aromatic heterocycles. The molecule has 0 bridgehead atoms. The summed E-state index contributed by atoms with van der Waals surface area (Å²) in [7, 11) is 0. The zero-order valence-corrected chi connectivity index (χ0v) is 11.7. The molecule has 112 valence electrons. The first kappa shape index (κ1) is 16.7. The molecular weight excluding hydrogens is 316 g/mol. The van der Waals surface area contributed by atoms with Crippen molar-refractivity contribution in [1.82, 2.24) is 10.2 Å². The second kappa shape index (κ2) is 8.76. The number of aromatic nitrogens is 2. The summed E-state index contributed by atoms with van der Waals surface area (Å²) in [4.78, 5) is 21.7. The van der Waals surface area contributed by atoms with Crippen LogP contribution in [0, 0.1) is 0 Å². The summed E-state index contributed by atoms with van der Waals surface area (Å²) in [5, 5.41) is 18.5. The maximum atomic E-state index is 11.8. The molecule has 0 fully saturated rings. The van der Waals surface area contributed by atoms with Crippen molar-refractivity contribution < 1.29 is 28.2 Å². The molecule has 1 aromatic rings. The number of anilines is 1. The van der Waals surface area contributed by atoms with Crippen LogP contribution in [0.4, 0.5) is 13.9 Å². The number of ether oxygens (including phenoxy) is 1. The first-order valence-corrected chi connectivity index (χ1v) is 7.11. The topological polar surface area (TPSA) is 101 Å². The van der Waals surface area contributed by atoms with E-state index in [4.69, 9.17) is 5.11 Å². The summed E-state index contributed by atoms with van der Waals surface area (Å²) in [6.07, 6.45) is -2.64. The van der Waals surface area contributed by atoms with Crippen LogP contribution in [0.25, 0.3) is 0 Å². The number of alkyl halides is 2. The van der Waals surface area contributed by atoms with Crippen LogP contribution in [-0.4, -0.2) is 52.6 Å². The van der Waals surface area contributed by atoms with Crippen LogP contribution in [0.5, 0.6) is 0 Å². The molecule has 1 heterocycles. The summed E-state index contributed by atoms with van der Waals surface area (Å²) in [6.45, 7) is -0.822. The summed E-state index contributed by atoms with van der Waals surface area (Å²) in [5.74, 6) is -1.57. The van der Waals surface area contributed by atoms with Gasteiger partial charge in [-0.05, 0) is 0 Å². The Morgan fingerprint density at radius 1 is 1.45 bits per heavy atom. The molecule has 0 unspecified atom stereocenters. The van der Waals surface area contributed by atoms with Crippen molar-refractivity contribution in [3.8, 4) is 0 Å². The van der Waals surface area contributed by atoms with E-state index in [0.29, 0.717) is 4.34 Å². The third kappa shape index (κ3) is 7.31. The summed E-state index contributed by atoms with van der Waals surface area (Å²) >= 11 is 2.02. The van der Waals surface area contributed by atoms with Crippen molar-refractivity contribution in [2.75, 3.05) is 24.3 Å². The van der Waals surface area contributed by atoms with Gasteiger partial charge in [-0.15, -0.1) is 10.2 Å². The van der Waals surface area contributed by atoms with Gasteiger partial charge >= 0.3 is 5.97 Å². The first-order valence-electron chi connectivity index (χ1n) is 5.31. The van der Waals surface area contributed by atoms with Gasteiger partial charge in [-0.1, -0.05) is 23.1 Å². The Bertz CT molecular complexity index is 458. The lowest BCUT2D eigenvalue weighted by molar-refractivity contribution is -0.133. The molecule has 11 heteroatoms. The van der Waals surface area contributed by atoms with E-state index in [1.807, 2.05) is 0 Å². The van der Waals surface area contributed by atoms with Crippen LogP contribution in [0.15, 0.2) is 4.34 Å². The smallest absolute Gasteiger partial charge is 0.313 e. The number of aliphatic carboxylic acids is 1. The number of carbonyl (C=O) groups excluding carboxylic acids is 1. The third-order valence-electron chi connectivity index (χ3n) is 1.69. The Kier molecular flexibility index (Phi) is 7.33. The minimum atomic E-state index is -2.56. The standard InChI is InChI=1S/C9H11F2N3O4S2/c10-5(11)3-18-2-1-6(15)12-8-13-14-9(20-8)19-4-7(16)17/h5H,1-4H2,(H,16,17)(H,12,13,15). The van der Waals surface area contributed by atoms with Gasteiger partial charge in [0, 0.05) is 0 Å². The number of hydrogen-bond acceptors (Lipinski definition) is 7. The van der Waals surface area contributed by atoms with Gasteiger partial charge in [0.15, 0.2) is 4.34 Å². The lowest BCUT2D eigenvalue weighted by atomic mass is 10.4. The van der Waals surface area contributed by atoms with Crippen LogP contribution in [0.3, 0.4) is 0 Å². The van der Waals surface area contributed by atoms with Gasteiger partial charge in [0.1, 0.15) is 6.61 Å². The molecule has 0 radical (unpaired) electrons. The normalized spacial score (nSPS) is 10.8. The maximum absolute atomic E-state index is 11.8. The van der Waals surface area contributed by atoms with Crippen molar-refractivity contribution in [3.05, 3.63) is 0 Å². The molecule has 0 atom stereocenters. The monoisotopic (exact) mass is 327 g/mol. The number of halogens is 2. The van der Waals surface area contributed by atoms with Gasteiger partial charge in [-0.2, -0.15) is 0 Å². The molecule has 1 amide bonds. The van der Waals surface area contributed by atoms with Crippen LogP contribution < -0.4 is 5.32 Å². The van der Waals surface area contributed by atoms with Gasteiger partial charge in [-0.25, -0.2) is 8.78 Å². The number of carboxylic acid groups (broad SMARTS) is 1. The van der Waals surface area contributed by atoms with Gasteiger partial charge in [0.05, 0.1) is 18.8 Å². The fourth-order valence-electron chi connectivity index (χ4n) is 0.961. The van der Waals surface area contributed by atoms with Crippen molar-refractivity contribution in [2.45, 2.75) is 17.2 Å². The van der Waals surface area contributed by atoms with Gasteiger partial charge < -0.3 is 15.2 Å². The van der Waals surface area contributed by atoms with Crippen LogP contribution in [0.1, 0.15) is 6.42 Å². The molecule has 0 spiro atoms. The van der Waals surface area contributed by atoms with E-state index in [0.717, 1.165) is 23.1 Å². The van der Waals surface area contributed by atoms with Crippen LogP contribution >= 0.6 is 23.1 Å². The fourth-order valence-corrected chi connectivity index (χ4v) is 2.45. The highest BCUT2D eigenvalue weighted by Gasteiger charge is 2.10. The summed E-state index contributed by atoms with van der Waals surface area (Å²) < 4.78 is 28.5. The maximum Gasteiger partial charge on any atom is 0.313 e. The number of carbonyl (C=O) groups is 2. The molecule has 0 aliphatic heterocycles. The quantitative estimate of drug-likeness (QED) is 0.401. The second-order valence-electron chi connectivity index (χ2n) is 3.32. The zero-order valence-electron chi connectivity index (χ0n) is 10.0. The molecule has 0 aliphatic carbocycles. The minimum Gasteiger partial charge on any atom is -0.481 e. The van der Waals surface area contributed by atoms with E-state index in [2.05, 4.69) is 20.3 Å². The number of nitrogens with zero attached hydrogens (tertiary/aromatic N) is 2. The van der Waals surface area contributed by atoms with E-state index in [1.165, 1.54) is 0 Å². The Morgan fingerprint density at radius 3 is 2.85 bits per heavy atom. The lowest BCUT2D eigenvalue weighted by Crippen LogP contribution is -2.15. The molecule has 0 saturated heterocycles. The molecule has 0 aliphatic rings. The van der Waals surface area contributed by atoms with Gasteiger partial charge in [-0.3, -0.25) is 9.59 Å². The molecule has 20 heavy (non-hydrogen) atoms. The van der Waals surface area contributed by atoms with E-state index in [9.17, 15) is 18.4 Å². The van der Waals surface area contributed by atoms with Gasteiger partial charge in [0.25, 0.3) is 6.43 Å². The number of hydrogen-bond donors (Lipinski definition) is 2. The predicted molar refractivity (Wildman–Crippen MR) is 68.3 cm³/mol. The van der Waals surface area contributed by atoms with E-state index >= 15 is 0 Å². The number of thioether (sulfide) groups is 1. The van der Waals surface area contributed by atoms with Crippen LogP contribution in [-0.2, 0) is 14.3 Å². The highest BCUT2D eigenvalue weighted by molar-refractivity contribution is 8.01. The highest BCUT2D eigenvalue weighted by atomic mass is 32.2. The predicted octanol–water partition coefficient (Wildman–Crippen LogP) is 1.33. The summed E-state index contributed by atoms with van der Waals surface area (Å²) in [6, 6.07) is 0. The Hall–Kier alpha value is -1.33. The van der Waals surface area contributed by atoms with Gasteiger partial charge in [0.2, 0.25) is 11.0 Å². The number of rotatable bonds is 9. The molecule has 2 N–H and O–H groups in total. The average molecular weight is 327 g/mol. The largest absolute Gasteiger partial charge is 0.481 e. The molecule has 0 aromatic carbocycles. The first-order chi connectivity index (χ1) is 9.47. The summed E-state index contributed by atoms with van der Waals surface area (Å²) in [5.41, 5.74) is 0. The lowest BCUT2D eigenvalue weighted by Gasteiger charge is -2.02. The van der Waals surface area contributed by atoms with E-state index < -0.39 is 24.9 Å². The molecule has 1 rings (SSSR count). The fraction of sp³-hybridized carbons (Fsp3) is 0.556. The Labute approximate surface area is 120 Å². The number of nitrogens with one attached hydrogen (secondary N) is 1. The number of amides is 1. The van der Waals surface area contributed by atoms with Crippen molar-refractivity contribution >= 4 is 40.1 Å². The SMILES string of the molecule is O=C(O)CSc1nnc(NC(=O)CCOCC(F)F)s1. The van der Waals surface area contributed by atoms with Crippen molar-refractivity contribution in [3.63, 3.8) is 0 Å².